The van der Waals surface area contributed by atoms with E-state index < -0.39 is 0 Å². The first kappa shape index (κ1) is 20.3. The number of aryl methyl sites for hydroxylation is 2. The second-order valence-electron chi connectivity index (χ2n) is 9.11. The number of furan rings is 1. The van der Waals surface area contributed by atoms with Crippen LogP contribution in [0.25, 0.3) is 22.4 Å². The molecule has 0 spiro atoms. The number of pyridine rings is 1. The lowest BCUT2D eigenvalue weighted by Crippen LogP contribution is -2.52. The summed E-state index contributed by atoms with van der Waals surface area (Å²) in [4.78, 5) is 23.1. The highest BCUT2D eigenvalue weighted by atomic mass is 16.3. The molecule has 0 bridgehead atoms. The van der Waals surface area contributed by atoms with Gasteiger partial charge in [0.2, 0.25) is 0 Å². The second kappa shape index (κ2) is 8.46. The maximum Gasteiger partial charge on any atom is 0.254 e. The monoisotopic (exact) mass is 417 g/mol. The van der Waals surface area contributed by atoms with Crippen LogP contribution in [0.3, 0.4) is 0 Å². The first-order chi connectivity index (χ1) is 15.1. The van der Waals surface area contributed by atoms with Gasteiger partial charge in [0.15, 0.2) is 5.76 Å². The van der Waals surface area contributed by atoms with Crippen molar-refractivity contribution in [2.24, 2.45) is 0 Å². The van der Waals surface area contributed by atoms with E-state index >= 15 is 0 Å². The average molecular weight is 418 g/mol. The summed E-state index contributed by atoms with van der Waals surface area (Å²) in [5.74, 6) is 1.65. The maximum atomic E-state index is 13.6. The van der Waals surface area contributed by atoms with Crippen LogP contribution >= 0.6 is 0 Å². The van der Waals surface area contributed by atoms with E-state index in [9.17, 15) is 4.79 Å². The number of benzene rings is 1. The van der Waals surface area contributed by atoms with Crippen LogP contribution in [0.1, 0.15) is 53.8 Å². The Morgan fingerprint density at radius 3 is 2.45 bits per heavy atom. The van der Waals surface area contributed by atoms with Crippen LogP contribution in [-0.4, -0.2) is 52.9 Å². The molecule has 1 aromatic carbocycles. The van der Waals surface area contributed by atoms with Gasteiger partial charge in [-0.3, -0.25) is 9.69 Å². The number of piperazine rings is 1. The van der Waals surface area contributed by atoms with Crippen molar-refractivity contribution in [2.45, 2.75) is 52.0 Å². The summed E-state index contributed by atoms with van der Waals surface area (Å²) < 4.78 is 5.81. The van der Waals surface area contributed by atoms with Crippen molar-refractivity contribution in [1.29, 1.82) is 0 Å². The highest BCUT2D eigenvalue weighted by molar-refractivity contribution is 6.07. The molecule has 0 N–H and O–H groups in total. The highest BCUT2D eigenvalue weighted by Gasteiger charge is 2.28. The Morgan fingerprint density at radius 1 is 0.968 bits per heavy atom. The number of hydrogen-bond acceptors (Lipinski definition) is 4. The number of nitrogens with zero attached hydrogens (tertiary/aromatic N) is 3. The zero-order valence-electron chi connectivity index (χ0n) is 18.6. The quantitative estimate of drug-likeness (QED) is 0.588. The Labute approximate surface area is 184 Å². The van der Waals surface area contributed by atoms with Crippen molar-refractivity contribution in [1.82, 2.24) is 14.8 Å². The lowest BCUT2D eigenvalue weighted by molar-refractivity contribution is 0.0525. The molecule has 0 atom stereocenters. The Balaban J connectivity index is 1.43. The van der Waals surface area contributed by atoms with E-state index in [0.29, 0.717) is 17.5 Å². The minimum absolute atomic E-state index is 0.103. The molecule has 0 radical (unpaired) electrons. The summed E-state index contributed by atoms with van der Waals surface area (Å²) in [5.41, 5.74) is 3.41. The molecular formula is C26H31N3O2. The number of amides is 1. The summed E-state index contributed by atoms with van der Waals surface area (Å²) in [7, 11) is 0. The maximum absolute atomic E-state index is 13.6. The van der Waals surface area contributed by atoms with Gasteiger partial charge in [0, 0.05) is 37.6 Å². The largest absolute Gasteiger partial charge is 0.460 e. The fourth-order valence-electron chi connectivity index (χ4n) is 5.12. The van der Waals surface area contributed by atoms with Crippen LogP contribution in [0, 0.1) is 13.8 Å². The first-order valence-electron chi connectivity index (χ1n) is 11.6. The average Bonchev–Trinajstić information content (AvgIpc) is 3.25. The van der Waals surface area contributed by atoms with Crippen LogP contribution < -0.4 is 0 Å². The molecule has 5 heteroatoms. The zero-order valence-corrected chi connectivity index (χ0v) is 18.6. The Kier molecular flexibility index (Phi) is 5.53. The van der Waals surface area contributed by atoms with Crippen molar-refractivity contribution in [3.63, 3.8) is 0 Å². The molecule has 2 fully saturated rings. The Hall–Kier alpha value is -2.66. The summed E-state index contributed by atoms with van der Waals surface area (Å²) >= 11 is 0. The van der Waals surface area contributed by atoms with Gasteiger partial charge >= 0.3 is 0 Å². The molecule has 2 aliphatic rings. The van der Waals surface area contributed by atoms with Gasteiger partial charge in [-0.25, -0.2) is 4.98 Å². The van der Waals surface area contributed by atoms with Gasteiger partial charge < -0.3 is 9.32 Å². The standard InChI is InChI=1S/C26H31N3O2/c1-18-8-10-23-21(16-18)22(17-24(27-23)25-11-9-19(2)31-25)26(30)29-14-12-28(13-15-29)20-6-4-3-5-7-20/h8-11,16-17,20H,3-7,12-15H2,1-2H3. The van der Waals surface area contributed by atoms with Crippen LogP contribution in [-0.2, 0) is 0 Å². The summed E-state index contributed by atoms with van der Waals surface area (Å²) in [6.45, 7) is 7.51. The van der Waals surface area contributed by atoms with E-state index in [1.165, 1.54) is 32.1 Å². The summed E-state index contributed by atoms with van der Waals surface area (Å²) in [6, 6.07) is 12.6. The van der Waals surface area contributed by atoms with Gasteiger partial charge in [-0.1, -0.05) is 30.9 Å². The van der Waals surface area contributed by atoms with E-state index in [1.54, 1.807) is 0 Å². The lowest BCUT2D eigenvalue weighted by Gasteiger charge is -2.40. The molecule has 5 nitrogen and oxygen atoms in total. The molecule has 31 heavy (non-hydrogen) atoms. The predicted molar refractivity (Wildman–Crippen MR) is 123 cm³/mol. The number of hydrogen-bond donors (Lipinski definition) is 0. The third-order valence-electron chi connectivity index (χ3n) is 6.88. The van der Waals surface area contributed by atoms with Gasteiger partial charge in [0.25, 0.3) is 5.91 Å². The van der Waals surface area contributed by atoms with Crippen LogP contribution in [0.2, 0.25) is 0 Å². The van der Waals surface area contributed by atoms with Gasteiger partial charge in [-0.15, -0.1) is 0 Å². The van der Waals surface area contributed by atoms with E-state index in [2.05, 4.69) is 17.9 Å². The topological polar surface area (TPSA) is 49.6 Å². The molecule has 3 heterocycles. The van der Waals surface area contributed by atoms with Gasteiger partial charge in [-0.05, 0) is 57.0 Å². The van der Waals surface area contributed by atoms with Crippen molar-refractivity contribution in [3.05, 3.63) is 53.3 Å². The number of aromatic nitrogens is 1. The number of carbonyl (C=O) groups excluding carboxylic acids is 1. The van der Waals surface area contributed by atoms with Crippen molar-refractivity contribution >= 4 is 16.8 Å². The third-order valence-corrected chi connectivity index (χ3v) is 6.88. The summed E-state index contributed by atoms with van der Waals surface area (Å²) in [5, 5.41) is 0.923. The van der Waals surface area contributed by atoms with E-state index in [-0.39, 0.29) is 5.91 Å². The first-order valence-corrected chi connectivity index (χ1v) is 11.6. The molecule has 1 amide bonds. The van der Waals surface area contributed by atoms with Crippen LogP contribution in [0.15, 0.2) is 40.8 Å². The normalized spacial score (nSPS) is 18.6. The van der Waals surface area contributed by atoms with Gasteiger partial charge in [0.05, 0.1) is 11.1 Å². The minimum atomic E-state index is 0.103. The fraction of sp³-hybridized carbons (Fsp3) is 0.462. The number of rotatable bonds is 3. The highest BCUT2D eigenvalue weighted by Crippen LogP contribution is 2.29. The molecule has 5 rings (SSSR count). The van der Waals surface area contributed by atoms with Crippen LogP contribution in [0.4, 0.5) is 0 Å². The molecule has 1 aliphatic heterocycles. The number of fused-ring (bicyclic) bond motifs is 1. The molecule has 3 aromatic rings. The zero-order chi connectivity index (χ0) is 21.4. The molecule has 1 saturated carbocycles. The molecule has 1 saturated heterocycles. The predicted octanol–water partition coefficient (Wildman–Crippen LogP) is 5.20. The second-order valence-corrected chi connectivity index (χ2v) is 9.11. The Morgan fingerprint density at radius 2 is 1.74 bits per heavy atom. The number of carbonyl (C=O) groups is 1. The van der Waals surface area contributed by atoms with Crippen molar-refractivity contribution in [3.8, 4) is 11.5 Å². The lowest BCUT2D eigenvalue weighted by atomic mass is 9.94. The molecular weight excluding hydrogens is 386 g/mol. The van der Waals surface area contributed by atoms with Crippen molar-refractivity contribution < 1.29 is 9.21 Å². The Bertz CT molecular complexity index is 1090. The molecule has 1 aliphatic carbocycles. The third kappa shape index (κ3) is 4.11. The van der Waals surface area contributed by atoms with E-state index in [4.69, 9.17) is 9.40 Å². The minimum Gasteiger partial charge on any atom is -0.460 e. The smallest absolute Gasteiger partial charge is 0.254 e. The summed E-state index contributed by atoms with van der Waals surface area (Å²) in [6.07, 6.45) is 6.70. The van der Waals surface area contributed by atoms with Crippen molar-refractivity contribution in [2.75, 3.05) is 26.2 Å². The molecule has 2 aromatic heterocycles. The SMILES string of the molecule is Cc1ccc2nc(-c3ccc(C)o3)cc(C(=O)N3CCN(C4CCCCC4)CC3)c2c1. The van der Waals surface area contributed by atoms with Crippen LogP contribution in [0.5, 0.6) is 0 Å². The van der Waals surface area contributed by atoms with E-state index in [1.807, 2.05) is 42.2 Å². The van der Waals surface area contributed by atoms with Gasteiger partial charge in [-0.2, -0.15) is 0 Å². The fourth-order valence-corrected chi connectivity index (χ4v) is 5.12. The molecule has 0 unspecified atom stereocenters. The van der Waals surface area contributed by atoms with E-state index in [0.717, 1.165) is 54.0 Å². The van der Waals surface area contributed by atoms with Gasteiger partial charge in [0.1, 0.15) is 11.5 Å². The molecule has 162 valence electrons.